The summed E-state index contributed by atoms with van der Waals surface area (Å²) >= 11 is 0. The molecular weight excluding hydrogens is 384 g/mol. The minimum Gasteiger partial charge on any atom is -0.497 e. The van der Waals surface area contributed by atoms with Crippen molar-refractivity contribution in [1.29, 1.82) is 0 Å². The van der Waals surface area contributed by atoms with Gasteiger partial charge in [0.1, 0.15) is 17.2 Å². The topological polar surface area (TPSA) is 103 Å². The number of hydrogen-bond donors (Lipinski definition) is 2. The molecule has 0 aromatic heterocycles. The molecule has 28 heavy (non-hydrogen) atoms. The molecule has 0 spiro atoms. The first-order chi connectivity index (χ1) is 13.2. The highest BCUT2D eigenvalue weighted by Crippen LogP contribution is 2.29. The number of ether oxygens (including phenoxy) is 3. The first-order valence-electron chi connectivity index (χ1n) is 8.52. The molecule has 1 amide bonds. The summed E-state index contributed by atoms with van der Waals surface area (Å²) in [6.45, 7) is 3.24. The van der Waals surface area contributed by atoms with Crippen molar-refractivity contribution in [2.24, 2.45) is 0 Å². The lowest BCUT2D eigenvalue weighted by molar-refractivity contribution is -0.118. The third kappa shape index (κ3) is 5.86. The Kier molecular flexibility index (Phi) is 7.24. The van der Waals surface area contributed by atoms with Crippen LogP contribution in [-0.2, 0) is 14.8 Å². The van der Waals surface area contributed by atoms with E-state index in [9.17, 15) is 13.2 Å². The fourth-order valence-electron chi connectivity index (χ4n) is 2.33. The highest BCUT2D eigenvalue weighted by atomic mass is 32.2. The molecule has 0 unspecified atom stereocenters. The number of nitrogens with one attached hydrogen (secondary N) is 2. The lowest BCUT2D eigenvalue weighted by Gasteiger charge is -2.12. The number of hydrogen-bond acceptors (Lipinski definition) is 6. The van der Waals surface area contributed by atoms with E-state index in [1.54, 1.807) is 32.0 Å². The SMILES string of the molecule is COc1ccc(NC(=O)COc2ccc(S(=O)(=O)NC(C)C)cc2)c(OC)c1. The van der Waals surface area contributed by atoms with Crippen LogP contribution >= 0.6 is 0 Å². The van der Waals surface area contributed by atoms with E-state index in [0.717, 1.165) is 0 Å². The number of benzene rings is 2. The first kappa shape index (κ1) is 21.5. The first-order valence-corrected chi connectivity index (χ1v) is 10.0. The van der Waals surface area contributed by atoms with Crippen molar-refractivity contribution in [3.05, 3.63) is 42.5 Å². The van der Waals surface area contributed by atoms with E-state index in [2.05, 4.69) is 10.0 Å². The zero-order valence-electron chi connectivity index (χ0n) is 16.2. The predicted octanol–water partition coefficient (Wildman–Crippen LogP) is 2.41. The van der Waals surface area contributed by atoms with Gasteiger partial charge in [0.2, 0.25) is 10.0 Å². The molecule has 0 saturated carbocycles. The minimum atomic E-state index is -3.57. The molecule has 152 valence electrons. The molecule has 9 heteroatoms. The van der Waals surface area contributed by atoms with Gasteiger partial charge >= 0.3 is 0 Å². The van der Waals surface area contributed by atoms with Gasteiger partial charge < -0.3 is 19.5 Å². The summed E-state index contributed by atoms with van der Waals surface area (Å²) in [5.41, 5.74) is 0.484. The van der Waals surface area contributed by atoms with Crippen LogP contribution in [0.3, 0.4) is 0 Å². The maximum Gasteiger partial charge on any atom is 0.262 e. The minimum absolute atomic E-state index is 0.126. The van der Waals surface area contributed by atoms with Crippen molar-refractivity contribution in [2.45, 2.75) is 24.8 Å². The zero-order chi connectivity index (χ0) is 20.7. The molecule has 0 saturated heterocycles. The second-order valence-electron chi connectivity index (χ2n) is 6.15. The monoisotopic (exact) mass is 408 g/mol. The van der Waals surface area contributed by atoms with Gasteiger partial charge in [0, 0.05) is 12.1 Å². The molecule has 2 N–H and O–H groups in total. The molecule has 0 aliphatic carbocycles. The molecule has 0 radical (unpaired) electrons. The summed E-state index contributed by atoms with van der Waals surface area (Å²) in [4.78, 5) is 12.3. The fraction of sp³-hybridized carbons (Fsp3) is 0.316. The summed E-state index contributed by atoms with van der Waals surface area (Å²) < 4.78 is 42.4. The third-order valence-electron chi connectivity index (χ3n) is 3.58. The molecule has 0 atom stereocenters. The Bertz CT molecular complexity index is 911. The molecule has 2 aromatic carbocycles. The Morgan fingerprint density at radius 2 is 1.64 bits per heavy atom. The van der Waals surface area contributed by atoms with Gasteiger partial charge in [-0.25, -0.2) is 13.1 Å². The molecule has 2 rings (SSSR count). The van der Waals surface area contributed by atoms with Crippen LogP contribution in [0.2, 0.25) is 0 Å². The van der Waals surface area contributed by atoms with E-state index in [0.29, 0.717) is 22.9 Å². The van der Waals surface area contributed by atoms with E-state index >= 15 is 0 Å². The number of anilines is 1. The van der Waals surface area contributed by atoms with Gasteiger partial charge in [-0.1, -0.05) is 0 Å². The van der Waals surface area contributed by atoms with Crippen LogP contribution in [0.15, 0.2) is 47.4 Å². The average Bonchev–Trinajstić information content (AvgIpc) is 2.66. The van der Waals surface area contributed by atoms with Gasteiger partial charge in [-0.3, -0.25) is 4.79 Å². The maximum atomic E-state index is 12.1. The summed E-state index contributed by atoms with van der Waals surface area (Å²) in [7, 11) is -0.542. The van der Waals surface area contributed by atoms with Crippen LogP contribution in [0.5, 0.6) is 17.2 Å². The van der Waals surface area contributed by atoms with Crippen LogP contribution in [0.25, 0.3) is 0 Å². The smallest absolute Gasteiger partial charge is 0.262 e. The van der Waals surface area contributed by atoms with Crippen LogP contribution in [0.1, 0.15) is 13.8 Å². The Morgan fingerprint density at radius 3 is 2.21 bits per heavy atom. The summed E-state index contributed by atoms with van der Waals surface area (Å²) in [6.07, 6.45) is 0. The summed E-state index contributed by atoms with van der Waals surface area (Å²) in [5.74, 6) is 1.05. The maximum absolute atomic E-state index is 12.1. The Hall–Kier alpha value is -2.78. The average molecular weight is 408 g/mol. The van der Waals surface area contributed by atoms with Gasteiger partial charge in [-0.2, -0.15) is 0 Å². The van der Waals surface area contributed by atoms with Crippen molar-refractivity contribution >= 4 is 21.6 Å². The lowest BCUT2D eigenvalue weighted by Crippen LogP contribution is -2.30. The molecule has 0 fully saturated rings. The van der Waals surface area contributed by atoms with Gasteiger partial charge in [0.25, 0.3) is 5.91 Å². The number of carbonyl (C=O) groups is 1. The highest BCUT2D eigenvalue weighted by molar-refractivity contribution is 7.89. The fourth-order valence-corrected chi connectivity index (χ4v) is 3.58. The van der Waals surface area contributed by atoms with E-state index in [1.165, 1.54) is 38.5 Å². The normalized spacial score (nSPS) is 11.2. The zero-order valence-corrected chi connectivity index (χ0v) is 17.0. The predicted molar refractivity (Wildman–Crippen MR) is 106 cm³/mol. The van der Waals surface area contributed by atoms with Crippen molar-refractivity contribution in [3.63, 3.8) is 0 Å². The van der Waals surface area contributed by atoms with Gasteiger partial charge in [-0.05, 0) is 50.2 Å². The molecule has 0 aliphatic rings. The van der Waals surface area contributed by atoms with Gasteiger partial charge in [0.05, 0.1) is 24.8 Å². The van der Waals surface area contributed by atoms with Gasteiger partial charge in [0.15, 0.2) is 6.61 Å². The van der Waals surface area contributed by atoms with E-state index in [4.69, 9.17) is 14.2 Å². The third-order valence-corrected chi connectivity index (χ3v) is 5.25. The molecule has 0 bridgehead atoms. The molecule has 0 aliphatic heterocycles. The van der Waals surface area contributed by atoms with Crippen molar-refractivity contribution in [3.8, 4) is 17.2 Å². The molecule has 2 aromatic rings. The summed E-state index contributed by atoms with van der Waals surface area (Å²) in [5, 5.41) is 2.69. The number of sulfonamides is 1. The second kappa shape index (κ2) is 9.43. The molecule has 8 nitrogen and oxygen atoms in total. The number of carbonyl (C=O) groups excluding carboxylic acids is 1. The van der Waals surface area contributed by atoms with Crippen LogP contribution in [0, 0.1) is 0 Å². The summed E-state index contributed by atoms with van der Waals surface area (Å²) in [6, 6.07) is 10.6. The van der Waals surface area contributed by atoms with Crippen molar-refractivity contribution in [2.75, 3.05) is 26.1 Å². The largest absolute Gasteiger partial charge is 0.497 e. The van der Waals surface area contributed by atoms with E-state index in [-0.39, 0.29) is 23.5 Å². The van der Waals surface area contributed by atoms with Crippen LogP contribution in [0.4, 0.5) is 5.69 Å². The van der Waals surface area contributed by atoms with Gasteiger partial charge in [-0.15, -0.1) is 0 Å². The molecule has 0 heterocycles. The second-order valence-corrected chi connectivity index (χ2v) is 7.86. The number of amides is 1. The Morgan fingerprint density at radius 1 is 1.00 bits per heavy atom. The quantitative estimate of drug-likeness (QED) is 0.661. The van der Waals surface area contributed by atoms with Crippen LogP contribution < -0.4 is 24.2 Å². The van der Waals surface area contributed by atoms with Crippen LogP contribution in [-0.4, -0.2) is 41.2 Å². The van der Waals surface area contributed by atoms with E-state index in [1.807, 2.05) is 0 Å². The van der Waals surface area contributed by atoms with Crippen molar-refractivity contribution in [1.82, 2.24) is 4.72 Å². The molecular formula is C19H24N2O6S. The van der Waals surface area contributed by atoms with Crippen molar-refractivity contribution < 1.29 is 27.4 Å². The van der Waals surface area contributed by atoms with E-state index < -0.39 is 10.0 Å². The Labute approximate surface area is 164 Å². The lowest BCUT2D eigenvalue weighted by atomic mass is 10.2. The standard InChI is InChI=1S/C19H24N2O6S/c1-13(2)21-28(23,24)16-8-5-14(6-9-16)27-12-19(22)20-17-10-7-15(25-3)11-18(17)26-4/h5-11,13,21H,12H2,1-4H3,(H,20,22). The number of rotatable bonds is 9. The Balaban J connectivity index is 1.96. The highest BCUT2D eigenvalue weighted by Gasteiger charge is 2.15. The number of methoxy groups -OCH3 is 2.